The molecule has 0 spiro atoms. The van der Waals surface area contributed by atoms with Crippen LogP contribution in [0.1, 0.15) is 0 Å². The summed E-state index contributed by atoms with van der Waals surface area (Å²) >= 11 is 0. The molecule has 0 fully saturated rings. The first-order valence-electron chi connectivity index (χ1n) is 23.4. The molecule has 318 valence electrons. The molecule has 0 aliphatic carbocycles. The third kappa shape index (κ3) is 6.73. The van der Waals surface area contributed by atoms with Gasteiger partial charge in [0.1, 0.15) is 0 Å². The topological polar surface area (TPSA) is 8.17 Å². The minimum absolute atomic E-state index is 1.09. The molecule has 13 aromatic rings. The number of rotatable bonds is 8. The Morgan fingerprint density at radius 2 is 0.779 bits per heavy atom. The van der Waals surface area contributed by atoms with Crippen LogP contribution in [0.15, 0.2) is 267 Å². The second kappa shape index (κ2) is 16.5. The van der Waals surface area contributed by atoms with Gasteiger partial charge in [0.2, 0.25) is 0 Å². The van der Waals surface area contributed by atoms with Gasteiger partial charge in [-0.3, -0.25) is 0 Å². The van der Waals surface area contributed by atoms with Crippen LogP contribution >= 0.6 is 0 Å². The van der Waals surface area contributed by atoms with Crippen molar-refractivity contribution in [2.45, 2.75) is 0 Å². The number of hydrogen-bond acceptors (Lipinski definition) is 1. The van der Waals surface area contributed by atoms with E-state index in [1.165, 1.54) is 93.1 Å². The standard InChI is InChI=1S/C66H44N2/c1-3-15-48(16-4-1)62-28-13-29-63-65-61(27-14-30-64(65)68(66(62)63)53-21-5-2-6-22-53)51-20-11-23-55(43-51)67(56-41-42-60-52(44-56)36-35-49-18-8-10-25-58(49)60)54-39-37-46(38-40-54)45-31-33-50(34-32-45)59-26-12-19-47-17-7-9-24-57(47)59/h1-44H. The van der Waals surface area contributed by atoms with Crippen LogP contribution < -0.4 is 4.90 Å². The van der Waals surface area contributed by atoms with Crippen molar-refractivity contribution in [2.75, 3.05) is 4.90 Å². The van der Waals surface area contributed by atoms with Crippen LogP contribution in [0.25, 0.3) is 104 Å². The second-order valence-corrected chi connectivity index (χ2v) is 17.7. The minimum Gasteiger partial charge on any atom is -0.310 e. The predicted octanol–water partition coefficient (Wildman–Crippen LogP) is 18.4. The highest BCUT2D eigenvalue weighted by Crippen LogP contribution is 2.45. The smallest absolute Gasteiger partial charge is 0.0619 e. The molecule has 68 heavy (non-hydrogen) atoms. The van der Waals surface area contributed by atoms with E-state index in [0.29, 0.717) is 0 Å². The van der Waals surface area contributed by atoms with E-state index >= 15 is 0 Å². The summed E-state index contributed by atoms with van der Waals surface area (Å²) in [5.41, 5.74) is 16.4. The monoisotopic (exact) mass is 864 g/mol. The SMILES string of the molecule is c1ccc(-c2cccc3c4c(-c5cccc(N(c6ccc(-c7ccc(-c8cccc9ccccc89)cc7)cc6)c6ccc7c(ccc8ccccc87)c6)c5)cccc4n(-c4ccccc4)c23)cc1. The zero-order chi connectivity index (χ0) is 45.0. The van der Waals surface area contributed by atoms with Gasteiger partial charge in [0.05, 0.1) is 11.0 Å². The lowest BCUT2D eigenvalue weighted by molar-refractivity contribution is 1.18. The minimum atomic E-state index is 1.09. The van der Waals surface area contributed by atoms with Gasteiger partial charge in [0, 0.05) is 39.1 Å². The van der Waals surface area contributed by atoms with Gasteiger partial charge in [-0.1, -0.05) is 212 Å². The fourth-order valence-corrected chi connectivity index (χ4v) is 10.6. The molecular formula is C66H44N2. The molecule has 0 atom stereocenters. The van der Waals surface area contributed by atoms with E-state index in [9.17, 15) is 0 Å². The third-order valence-corrected chi connectivity index (χ3v) is 13.8. The van der Waals surface area contributed by atoms with Gasteiger partial charge in [-0.25, -0.2) is 0 Å². The molecule has 13 rings (SSSR count). The number of aromatic nitrogens is 1. The van der Waals surface area contributed by atoms with Crippen molar-refractivity contribution in [1.82, 2.24) is 4.57 Å². The van der Waals surface area contributed by atoms with Crippen molar-refractivity contribution in [2.24, 2.45) is 0 Å². The fraction of sp³-hybridized carbons (Fsp3) is 0. The number of para-hydroxylation sites is 2. The van der Waals surface area contributed by atoms with E-state index in [4.69, 9.17) is 0 Å². The van der Waals surface area contributed by atoms with E-state index in [2.05, 4.69) is 276 Å². The molecule has 0 saturated heterocycles. The lowest BCUT2D eigenvalue weighted by atomic mass is 9.96. The molecule has 0 aliphatic heterocycles. The second-order valence-electron chi connectivity index (χ2n) is 17.7. The summed E-state index contributed by atoms with van der Waals surface area (Å²) in [7, 11) is 0. The highest BCUT2D eigenvalue weighted by Gasteiger charge is 2.21. The molecule has 0 radical (unpaired) electrons. The van der Waals surface area contributed by atoms with Crippen molar-refractivity contribution < 1.29 is 0 Å². The largest absolute Gasteiger partial charge is 0.310 e. The van der Waals surface area contributed by atoms with Gasteiger partial charge in [-0.15, -0.1) is 0 Å². The van der Waals surface area contributed by atoms with Crippen molar-refractivity contribution >= 4 is 71.2 Å². The Labute approximate surface area is 395 Å². The molecule has 0 aliphatic rings. The van der Waals surface area contributed by atoms with Crippen LogP contribution in [-0.4, -0.2) is 4.57 Å². The van der Waals surface area contributed by atoms with Crippen LogP contribution in [0.3, 0.4) is 0 Å². The lowest BCUT2D eigenvalue weighted by Gasteiger charge is -2.27. The number of fused-ring (bicyclic) bond motifs is 7. The molecule has 12 aromatic carbocycles. The molecule has 2 nitrogen and oxygen atoms in total. The molecule has 2 heteroatoms. The molecule has 0 amide bonds. The molecule has 0 unspecified atom stereocenters. The van der Waals surface area contributed by atoms with Gasteiger partial charge in [-0.05, 0) is 126 Å². The van der Waals surface area contributed by atoms with Crippen molar-refractivity contribution in [3.8, 4) is 50.2 Å². The average Bonchev–Trinajstić information content (AvgIpc) is 3.76. The van der Waals surface area contributed by atoms with Gasteiger partial charge in [-0.2, -0.15) is 0 Å². The fourth-order valence-electron chi connectivity index (χ4n) is 10.6. The number of benzene rings is 12. The Morgan fingerprint density at radius 3 is 1.59 bits per heavy atom. The maximum Gasteiger partial charge on any atom is 0.0619 e. The maximum atomic E-state index is 2.45. The Balaban J connectivity index is 0.949. The van der Waals surface area contributed by atoms with Crippen LogP contribution in [0, 0.1) is 0 Å². The van der Waals surface area contributed by atoms with Crippen molar-refractivity contribution in [3.63, 3.8) is 0 Å². The quantitative estimate of drug-likeness (QED) is 0.138. The lowest BCUT2D eigenvalue weighted by Crippen LogP contribution is -2.10. The van der Waals surface area contributed by atoms with E-state index in [1.54, 1.807) is 0 Å². The first-order chi connectivity index (χ1) is 33.7. The average molecular weight is 865 g/mol. The summed E-state index contributed by atoms with van der Waals surface area (Å²) in [6, 6.07) is 97.5. The normalized spacial score (nSPS) is 11.5. The summed E-state index contributed by atoms with van der Waals surface area (Å²) in [4.78, 5) is 2.41. The Bertz CT molecular complexity index is 3990. The first-order valence-corrected chi connectivity index (χ1v) is 23.4. The molecule has 1 aromatic heterocycles. The maximum absolute atomic E-state index is 2.45. The molecule has 0 bridgehead atoms. The summed E-state index contributed by atoms with van der Waals surface area (Å²) in [6.07, 6.45) is 0. The van der Waals surface area contributed by atoms with Crippen LogP contribution in [0.5, 0.6) is 0 Å². The molecule has 1 heterocycles. The molecule has 0 N–H and O–H groups in total. The van der Waals surface area contributed by atoms with Gasteiger partial charge >= 0.3 is 0 Å². The van der Waals surface area contributed by atoms with Crippen LogP contribution in [0.4, 0.5) is 17.1 Å². The first kappa shape index (κ1) is 39.4. The van der Waals surface area contributed by atoms with Gasteiger partial charge in [0.15, 0.2) is 0 Å². The van der Waals surface area contributed by atoms with Crippen LogP contribution in [0.2, 0.25) is 0 Å². The van der Waals surface area contributed by atoms with Gasteiger partial charge in [0.25, 0.3) is 0 Å². The number of anilines is 3. The van der Waals surface area contributed by atoms with E-state index in [1.807, 2.05) is 0 Å². The zero-order valence-corrected chi connectivity index (χ0v) is 37.3. The number of nitrogens with zero attached hydrogens (tertiary/aromatic N) is 2. The van der Waals surface area contributed by atoms with Gasteiger partial charge < -0.3 is 9.47 Å². The van der Waals surface area contributed by atoms with E-state index < -0.39 is 0 Å². The Hall–Kier alpha value is -8.98. The van der Waals surface area contributed by atoms with E-state index in [-0.39, 0.29) is 0 Å². The summed E-state index contributed by atoms with van der Waals surface area (Å²) < 4.78 is 2.45. The molecular weight excluding hydrogens is 821 g/mol. The highest BCUT2D eigenvalue weighted by atomic mass is 15.1. The summed E-state index contributed by atoms with van der Waals surface area (Å²) in [6.45, 7) is 0. The summed E-state index contributed by atoms with van der Waals surface area (Å²) in [5, 5.41) is 9.95. The van der Waals surface area contributed by atoms with Crippen molar-refractivity contribution in [1.29, 1.82) is 0 Å². The van der Waals surface area contributed by atoms with E-state index in [0.717, 1.165) is 28.3 Å². The number of hydrogen-bond donors (Lipinski definition) is 0. The highest BCUT2D eigenvalue weighted by molar-refractivity contribution is 6.19. The Morgan fingerprint density at radius 1 is 0.265 bits per heavy atom. The third-order valence-electron chi connectivity index (χ3n) is 13.8. The predicted molar refractivity (Wildman–Crippen MR) is 290 cm³/mol. The van der Waals surface area contributed by atoms with Crippen molar-refractivity contribution in [3.05, 3.63) is 267 Å². The Kier molecular flexibility index (Phi) is 9.54. The summed E-state index contributed by atoms with van der Waals surface area (Å²) in [5.74, 6) is 0. The zero-order valence-electron chi connectivity index (χ0n) is 37.3. The van der Waals surface area contributed by atoms with Crippen LogP contribution in [-0.2, 0) is 0 Å². The molecule has 0 saturated carbocycles.